The predicted molar refractivity (Wildman–Crippen MR) is 162 cm³/mol. The first kappa shape index (κ1) is 29.9. The van der Waals surface area contributed by atoms with Gasteiger partial charge in [-0.15, -0.1) is 0 Å². The van der Waals surface area contributed by atoms with Gasteiger partial charge >= 0.3 is 0 Å². The van der Waals surface area contributed by atoms with E-state index < -0.39 is 0 Å². The van der Waals surface area contributed by atoms with Gasteiger partial charge in [0.2, 0.25) is 11.6 Å². The Balaban J connectivity index is 1.73. The van der Waals surface area contributed by atoms with Crippen LogP contribution in [0.3, 0.4) is 0 Å². The molecular formula is C30H29ClN6O3S. The molecule has 0 aliphatic rings. The third kappa shape index (κ3) is 7.37. The molecule has 4 aromatic rings. The molecule has 0 unspecified atom stereocenters. The van der Waals surface area contributed by atoms with Crippen LogP contribution in [-0.2, 0) is 5.75 Å². The van der Waals surface area contributed by atoms with Crippen LogP contribution < -0.4 is 9.64 Å². The Labute approximate surface area is 248 Å². The number of oxazole rings is 1. The van der Waals surface area contributed by atoms with Crippen LogP contribution in [0.2, 0.25) is 5.02 Å². The molecule has 0 atom stereocenters. The van der Waals surface area contributed by atoms with Crippen LogP contribution in [-0.4, -0.2) is 67.4 Å². The van der Waals surface area contributed by atoms with Crippen molar-refractivity contribution in [1.29, 1.82) is 5.26 Å². The Hall–Kier alpha value is -4.06. The molecule has 2 aromatic carbocycles. The van der Waals surface area contributed by atoms with Crippen molar-refractivity contribution in [2.24, 2.45) is 0 Å². The van der Waals surface area contributed by atoms with Crippen LogP contribution in [0.5, 0.6) is 5.75 Å². The number of nitrogens with zero attached hydrogens (tertiary/aromatic N) is 6. The van der Waals surface area contributed by atoms with Gasteiger partial charge in [0.1, 0.15) is 35.5 Å². The number of benzene rings is 2. The predicted octanol–water partition coefficient (Wildman–Crippen LogP) is 6.14. The number of halogens is 1. The van der Waals surface area contributed by atoms with Crippen LogP contribution in [0.4, 0.5) is 11.5 Å². The molecule has 0 amide bonds. The van der Waals surface area contributed by atoms with Gasteiger partial charge in [-0.25, -0.2) is 14.8 Å². The van der Waals surface area contributed by atoms with Gasteiger partial charge in [0.15, 0.2) is 0 Å². The highest BCUT2D eigenvalue weighted by Gasteiger charge is 2.24. The molecular weight excluding hydrogens is 560 g/mol. The number of hydrogen-bond donors (Lipinski definition) is 1. The van der Waals surface area contributed by atoms with Gasteiger partial charge in [0, 0.05) is 42.0 Å². The number of nitriles is 1. The maximum absolute atomic E-state index is 10.3. The maximum atomic E-state index is 10.3. The first-order valence-corrected chi connectivity index (χ1v) is 14.1. The second-order valence-electron chi connectivity index (χ2n) is 9.32. The van der Waals surface area contributed by atoms with Gasteiger partial charge in [-0.1, -0.05) is 35.5 Å². The zero-order valence-electron chi connectivity index (χ0n) is 23.0. The van der Waals surface area contributed by atoms with Gasteiger partial charge in [-0.05, 0) is 56.1 Å². The van der Waals surface area contributed by atoms with Gasteiger partial charge in [0.25, 0.3) is 0 Å². The van der Waals surface area contributed by atoms with Gasteiger partial charge in [0.05, 0.1) is 24.4 Å². The number of pyridine rings is 1. The third-order valence-corrected chi connectivity index (χ3v) is 7.35. The fraction of sp³-hybridized carbons (Fsp3) is 0.267. The standard InChI is InChI=1S/C30H29ClN6O3S/c1-33-27-26(20-7-11-24(12-8-20)39-16-15-38)25(17-32)30(35-28(27)37(4)14-13-36(2)3)41-19-23-18-40-29(34-23)21-5-9-22(31)10-6-21/h5-12,18,38H,13-16,19H2,2-4H3. The molecule has 0 aliphatic carbocycles. The highest BCUT2D eigenvalue weighted by molar-refractivity contribution is 7.98. The molecule has 0 radical (unpaired) electrons. The lowest BCUT2D eigenvalue weighted by atomic mass is 9.99. The van der Waals surface area contributed by atoms with Crippen molar-refractivity contribution in [3.63, 3.8) is 0 Å². The summed E-state index contributed by atoms with van der Waals surface area (Å²) in [4.78, 5) is 17.3. The van der Waals surface area contributed by atoms with E-state index in [0.29, 0.717) is 67.9 Å². The smallest absolute Gasteiger partial charge is 0.237 e. The summed E-state index contributed by atoms with van der Waals surface area (Å²) in [7, 11) is 5.87. The fourth-order valence-electron chi connectivity index (χ4n) is 3.98. The van der Waals surface area contributed by atoms with E-state index in [1.54, 1.807) is 30.5 Å². The molecule has 4 rings (SSSR count). The average molecular weight is 589 g/mol. The summed E-state index contributed by atoms with van der Waals surface area (Å²) in [6, 6.07) is 16.7. The number of hydrogen-bond acceptors (Lipinski definition) is 9. The van der Waals surface area contributed by atoms with Crippen LogP contribution in [0.15, 0.2) is 64.2 Å². The summed E-state index contributed by atoms with van der Waals surface area (Å²) in [6.45, 7) is 9.52. The summed E-state index contributed by atoms with van der Waals surface area (Å²) in [6.07, 6.45) is 1.59. The molecule has 9 nitrogen and oxygen atoms in total. The minimum atomic E-state index is -0.0947. The van der Waals surface area contributed by atoms with E-state index in [1.165, 1.54) is 11.8 Å². The first-order valence-electron chi connectivity index (χ1n) is 12.7. The molecule has 210 valence electrons. The Kier molecular flexibility index (Phi) is 10.2. The molecule has 11 heteroatoms. The SMILES string of the molecule is [C-]#[N+]c1c(N(C)CCN(C)C)nc(SCc2coc(-c3ccc(Cl)cc3)n2)c(C#N)c1-c1ccc(OCCO)cc1. The van der Waals surface area contributed by atoms with Crippen LogP contribution >= 0.6 is 23.4 Å². The van der Waals surface area contributed by atoms with Gasteiger partial charge < -0.3 is 24.1 Å². The highest BCUT2D eigenvalue weighted by atomic mass is 35.5. The average Bonchev–Trinajstić information content (AvgIpc) is 3.46. The molecule has 0 bridgehead atoms. The molecule has 2 aromatic heterocycles. The zero-order valence-corrected chi connectivity index (χ0v) is 24.5. The lowest BCUT2D eigenvalue weighted by Gasteiger charge is -2.24. The summed E-state index contributed by atoms with van der Waals surface area (Å²) < 4.78 is 11.2. The highest BCUT2D eigenvalue weighted by Crippen LogP contribution is 2.44. The van der Waals surface area contributed by atoms with Crippen molar-refractivity contribution in [3.05, 3.63) is 82.5 Å². The molecule has 41 heavy (non-hydrogen) atoms. The first-order chi connectivity index (χ1) is 19.8. The quantitative estimate of drug-likeness (QED) is 0.154. The number of anilines is 1. The monoisotopic (exact) mass is 588 g/mol. The molecule has 1 N–H and O–H groups in total. The van der Waals surface area contributed by atoms with Crippen molar-refractivity contribution in [2.75, 3.05) is 52.3 Å². The molecule has 0 spiro atoms. The maximum Gasteiger partial charge on any atom is 0.237 e. The van der Waals surface area contributed by atoms with E-state index in [2.05, 4.69) is 20.8 Å². The lowest BCUT2D eigenvalue weighted by molar-refractivity contribution is 0.201. The number of rotatable bonds is 12. The second kappa shape index (κ2) is 14.0. The van der Waals surface area contributed by atoms with Crippen LogP contribution in [0.25, 0.3) is 27.4 Å². The normalized spacial score (nSPS) is 10.8. The Morgan fingerprint density at radius 3 is 2.41 bits per heavy atom. The topological polar surface area (TPSA) is 103 Å². The minimum absolute atomic E-state index is 0.0947. The van der Waals surface area contributed by atoms with Crippen molar-refractivity contribution in [3.8, 4) is 34.4 Å². The third-order valence-electron chi connectivity index (χ3n) is 6.09. The lowest BCUT2D eigenvalue weighted by Crippen LogP contribution is -2.29. The van der Waals surface area contributed by atoms with Crippen LogP contribution in [0.1, 0.15) is 11.3 Å². The van der Waals surface area contributed by atoms with Gasteiger partial charge in [-0.2, -0.15) is 5.26 Å². The Bertz CT molecular complexity index is 1560. The van der Waals surface area contributed by atoms with Gasteiger partial charge in [-0.3, -0.25) is 0 Å². The van der Waals surface area contributed by atoms with E-state index in [4.69, 9.17) is 37.4 Å². The Morgan fingerprint density at radius 2 is 1.78 bits per heavy atom. The minimum Gasteiger partial charge on any atom is -0.491 e. The van der Waals surface area contributed by atoms with Crippen molar-refractivity contribution in [1.82, 2.24) is 14.9 Å². The molecule has 2 heterocycles. The van der Waals surface area contributed by atoms with Crippen LogP contribution in [0, 0.1) is 17.9 Å². The number of aliphatic hydroxyl groups is 1. The zero-order chi connectivity index (χ0) is 29.4. The second-order valence-corrected chi connectivity index (χ2v) is 10.7. The van der Waals surface area contributed by atoms with E-state index >= 15 is 0 Å². The largest absolute Gasteiger partial charge is 0.491 e. The summed E-state index contributed by atoms with van der Waals surface area (Å²) in [5, 5.41) is 20.5. The number of likely N-dealkylation sites (N-methyl/N-ethyl adjacent to an activating group) is 2. The summed E-state index contributed by atoms with van der Waals surface area (Å²) >= 11 is 7.36. The van der Waals surface area contributed by atoms with E-state index in [9.17, 15) is 5.26 Å². The number of thioether (sulfide) groups is 1. The molecule has 0 saturated carbocycles. The number of ether oxygens (including phenoxy) is 1. The summed E-state index contributed by atoms with van der Waals surface area (Å²) in [5.74, 6) is 1.97. The van der Waals surface area contributed by atoms with Crippen molar-refractivity contribution in [2.45, 2.75) is 10.8 Å². The molecule has 0 saturated heterocycles. The fourth-order valence-corrected chi connectivity index (χ4v) is 4.97. The number of aromatic nitrogens is 2. The Morgan fingerprint density at radius 1 is 1.07 bits per heavy atom. The van der Waals surface area contributed by atoms with E-state index in [-0.39, 0.29) is 13.2 Å². The van der Waals surface area contributed by atoms with E-state index in [1.807, 2.05) is 50.3 Å². The van der Waals surface area contributed by atoms with Crippen molar-refractivity contribution < 1.29 is 14.3 Å². The molecule has 0 fully saturated rings. The number of aliphatic hydroxyl groups excluding tert-OH is 1. The van der Waals surface area contributed by atoms with E-state index in [0.717, 1.165) is 12.1 Å². The summed E-state index contributed by atoms with van der Waals surface area (Å²) in [5.41, 5.74) is 3.33. The molecule has 0 aliphatic heterocycles. The van der Waals surface area contributed by atoms with Crippen molar-refractivity contribution >= 4 is 34.9 Å².